The summed E-state index contributed by atoms with van der Waals surface area (Å²) in [6, 6.07) is 0. The number of ether oxygens (including phenoxy) is 1. The first-order chi connectivity index (χ1) is 8.24. The highest BCUT2D eigenvalue weighted by molar-refractivity contribution is 5.69. The van der Waals surface area contributed by atoms with Gasteiger partial charge in [0.25, 0.3) is 0 Å². The summed E-state index contributed by atoms with van der Waals surface area (Å²) in [4.78, 5) is 22.0. The third kappa shape index (κ3) is 1.84. The molecule has 6 nitrogen and oxygen atoms in total. The van der Waals surface area contributed by atoms with E-state index in [1.54, 1.807) is 0 Å². The summed E-state index contributed by atoms with van der Waals surface area (Å²) in [7, 11) is 0. The van der Waals surface area contributed by atoms with Gasteiger partial charge in [-0.25, -0.2) is 9.78 Å². The van der Waals surface area contributed by atoms with Gasteiger partial charge in [0.05, 0.1) is 18.8 Å². The van der Waals surface area contributed by atoms with Crippen molar-refractivity contribution in [1.29, 1.82) is 0 Å². The van der Waals surface area contributed by atoms with Gasteiger partial charge in [0, 0.05) is 6.61 Å². The van der Waals surface area contributed by atoms with Crippen LogP contribution in [0.25, 0.3) is 11.2 Å². The molecule has 0 spiro atoms. The lowest BCUT2D eigenvalue weighted by Gasteiger charge is -2.12. The first-order valence-electron chi connectivity index (χ1n) is 5.78. The zero-order chi connectivity index (χ0) is 11.8. The van der Waals surface area contributed by atoms with Crippen molar-refractivity contribution >= 4 is 11.2 Å². The maximum atomic E-state index is 11.2. The molecule has 3 heterocycles. The zero-order valence-electron chi connectivity index (χ0n) is 9.64. The lowest BCUT2D eigenvalue weighted by atomic mass is 10.2. The van der Waals surface area contributed by atoms with E-state index in [4.69, 9.17) is 4.74 Å². The highest BCUT2D eigenvalue weighted by Gasteiger charge is 2.18. The van der Waals surface area contributed by atoms with E-state index >= 15 is 0 Å². The fourth-order valence-corrected chi connectivity index (χ4v) is 2.28. The van der Waals surface area contributed by atoms with E-state index in [9.17, 15) is 4.79 Å². The van der Waals surface area contributed by atoms with E-state index in [2.05, 4.69) is 15.0 Å². The van der Waals surface area contributed by atoms with Crippen LogP contribution in [0.3, 0.4) is 0 Å². The largest absolute Gasteiger partial charge is 0.376 e. The number of nitrogens with one attached hydrogen (secondary N) is 1. The van der Waals surface area contributed by atoms with Crippen molar-refractivity contribution in [2.45, 2.75) is 32.4 Å². The molecule has 1 N–H and O–H groups in total. The van der Waals surface area contributed by atoms with Crippen LogP contribution in [-0.4, -0.2) is 32.2 Å². The predicted molar refractivity (Wildman–Crippen MR) is 61.9 cm³/mol. The highest BCUT2D eigenvalue weighted by atomic mass is 16.5. The Morgan fingerprint density at radius 2 is 2.53 bits per heavy atom. The molecule has 2 aromatic rings. The van der Waals surface area contributed by atoms with E-state index in [-0.39, 0.29) is 11.8 Å². The van der Waals surface area contributed by atoms with Gasteiger partial charge in [-0.3, -0.25) is 4.98 Å². The number of hydrogen-bond donors (Lipinski definition) is 1. The van der Waals surface area contributed by atoms with Gasteiger partial charge < -0.3 is 9.30 Å². The van der Waals surface area contributed by atoms with Crippen LogP contribution >= 0.6 is 0 Å². The van der Waals surface area contributed by atoms with Crippen LogP contribution < -0.4 is 5.69 Å². The average Bonchev–Trinajstić information content (AvgIpc) is 2.90. The highest BCUT2D eigenvalue weighted by Crippen LogP contribution is 2.18. The standard InChI is InChI=1S/C11H14N4O2/c1-7-13-9-5-12-11(16)14-10(9)15(7)6-8-3-2-4-17-8/h5,8H,2-4,6H2,1H3,(H,12,14,16)/t8-/m0/s1. The molecule has 3 rings (SSSR count). The van der Waals surface area contributed by atoms with Gasteiger partial charge in [0.2, 0.25) is 0 Å². The van der Waals surface area contributed by atoms with E-state index < -0.39 is 0 Å². The second-order valence-electron chi connectivity index (χ2n) is 4.33. The summed E-state index contributed by atoms with van der Waals surface area (Å²) in [6.07, 6.45) is 3.90. The quantitative estimate of drug-likeness (QED) is 0.826. The van der Waals surface area contributed by atoms with Gasteiger partial charge in [-0.2, -0.15) is 4.98 Å². The van der Waals surface area contributed by atoms with E-state index in [1.807, 2.05) is 11.5 Å². The molecule has 0 aromatic carbocycles. The van der Waals surface area contributed by atoms with Crippen molar-refractivity contribution < 1.29 is 4.74 Å². The van der Waals surface area contributed by atoms with Crippen LogP contribution in [0.1, 0.15) is 18.7 Å². The molecule has 0 aliphatic carbocycles. The van der Waals surface area contributed by atoms with Gasteiger partial charge in [-0.1, -0.05) is 0 Å². The van der Waals surface area contributed by atoms with Crippen LogP contribution in [-0.2, 0) is 11.3 Å². The first kappa shape index (κ1) is 10.5. The summed E-state index contributed by atoms with van der Waals surface area (Å²) in [5, 5.41) is 0. The number of aromatic nitrogens is 4. The number of fused-ring (bicyclic) bond motifs is 1. The Labute approximate surface area is 97.7 Å². The van der Waals surface area contributed by atoms with Gasteiger partial charge in [-0.05, 0) is 19.8 Å². The van der Waals surface area contributed by atoms with Gasteiger partial charge in [0.1, 0.15) is 17.0 Å². The molecule has 1 fully saturated rings. The molecular formula is C11H14N4O2. The topological polar surface area (TPSA) is 72.8 Å². The SMILES string of the molecule is Cc1nc2cnc(=O)[nH]c2n1C[C@@H]1CCCO1. The van der Waals surface area contributed by atoms with Crippen molar-refractivity contribution in [3.63, 3.8) is 0 Å². The van der Waals surface area contributed by atoms with Crippen LogP contribution in [0.5, 0.6) is 0 Å². The van der Waals surface area contributed by atoms with E-state index in [0.29, 0.717) is 0 Å². The lowest BCUT2D eigenvalue weighted by molar-refractivity contribution is 0.0973. The monoisotopic (exact) mass is 234 g/mol. The summed E-state index contributed by atoms with van der Waals surface area (Å²) >= 11 is 0. The molecule has 1 aliphatic heterocycles. The van der Waals surface area contributed by atoms with Gasteiger partial charge in [-0.15, -0.1) is 0 Å². The van der Waals surface area contributed by atoms with Crippen LogP contribution in [0.15, 0.2) is 11.0 Å². The molecule has 0 bridgehead atoms. The molecule has 6 heteroatoms. The van der Waals surface area contributed by atoms with Crippen LogP contribution in [0.2, 0.25) is 0 Å². The average molecular weight is 234 g/mol. The number of rotatable bonds is 2. The van der Waals surface area contributed by atoms with Crippen LogP contribution in [0, 0.1) is 6.92 Å². The van der Waals surface area contributed by atoms with Crippen molar-refractivity contribution in [3.05, 3.63) is 22.5 Å². The number of nitrogens with zero attached hydrogens (tertiary/aromatic N) is 3. The number of hydrogen-bond acceptors (Lipinski definition) is 4. The molecule has 1 aliphatic rings. The fraction of sp³-hybridized carbons (Fsp3) is 0.545. The number of aryl methyl sites for hydroxylation is 1. The molecular weight excluding hydrogens is 220 g/mol. The molecule has 0 radical (unpaired) electrons. The maximum absolute atomic E-state index is 11.2. The second kappa shape index (κ2) is 3.96. The second-order valence-corrected chi connectivity index (χ2v) is 4.33. The Bertz CT molecular complexity index is 595. The van der Waals surface area contributed by atoms with Crippen molar-refractivity contribution in [3.8, 4) is 0 Å². The molecule has 90 valence electrons. The number of H-pyrrole nitrogens is 1. The normalized spacial score (nSPS) is 20.2. The number of aromatic amines is 1. The summed E-state index contributed by atoms with van der Waals surface area (Å²) in [6.45, 7) is 3.49. The van der Waals surface area contributed by atoms with Crippen LogP contribution in [0.4, 0.5) is 0 Å². The van der Waals surface area contributed by atoms with Crippen molar-refractivity contribution in [2.24, 2.45) is 0 Å². The third-order valence-electron chi connectivity index (χ3n) is 3.13. The van der Waals surface area contributed by atoms with E-state index in [1.165, 1.54) is 6.20 Å². The Balaban J connectivity index is 2.04. The van der Waals surface area contributed by atoms with E-state index in [0.717, 1.165) is 43.0 Å². The molecule has 2 aromatic heterocycles. The Kier molecular flexibility index (Phi) is 2.44. The Hall–Kier alpha value is -1.69. The smallest absolute Gasteiger partial charge is 0.346 e. The maximum Gasteiger partial charge on any atom is 0.346 e. The first-order valence-corrected chi connectivity index (χ1v) is 5.78. The molecule has 0 saturated carbocycles. The minimum atomic E-state index is -0.342. The fourth-order valence-electron chi connectivity index (χ4n) is 2.28. The molecule has 0 unspecified atom stereocenters. The third-order valence-corrected chi connectivity index (χ3v) is 3.13. The molecule has 17 heavy (non-hydrogen) atoms. The summed E-state index contributed by atoms with van der Waals surface area (Å²) < 4.78 is 7.60. The number of imidazole rings is 1. The molecule has 1 saturated heterocycles. The minimum absolute atomic E-state index is 0.225. The van der Waals surface area contributed by atoms with Gasteiger partial charge in [0.15, 0.2) is 0 Å². The Morgan fingerprint density at radius 3 is 3.29 bits per heavy atom. The summed E-state index contributed by atoms with van der Waals surface area (Å²) in [5.41, 5.74) is 1.11. The molecule has 1 atom stereocenters. The van der Waals surface area contributed by atoms with Crippen molar-refractivity contribution in [2.75, 3.05) is 6.61 Å². The molecule has 0 amide bonds. The minimum Gasteiger partial charge on any atom is -0.376 e. The lowest BCUT2D eigenvalue weighted by Crippen LogP contribution is -2.18. The van der Waals surface area contributed by atoms with Gasteiger partial charge >= 0.3 is 5.69 Å². The Morgan fingerprint density at radius 1 is 1.65 bits per heavy atom. The predicted octanol–water partition coefficient (Wildman–Crippen LogP) is 0.607. The zero-order valence-corrected chi connectivity index (χ0v) is 9.64. The summed E-state index contributed by atoms with van der Waals surface area (Å²) in [5.74, 6) is 0.874. The van der Waals surface area contributed by atoms with Crippen molar-refractivity contribution in [1.82, 2.24) is 19.5 Å².